The molecule has 36 heavy (non-hydrogen) atoms. The number of likely N-dealkylation sites (tertiary alicyclic amines) is 1. The minimum Gasteiger partial charge on any atom is -0.396 e. The monoisotopic (exact) mass is 513 g/mol. The van der Waals surface area contributed by atoms with Gasteiger partial charge in [0.05, 0.1) is 17.7 Å². The second kappa shape index (κ2) is 11.0. The van der Waals surface area contributed by atoms with Crippen LogP contribution in [-0.2, 0) is 4.79 Å². The number of hydrogen-bond acceptors (Lipinski definition) is 7. The predicted octanol–water partition coefficient (Wildman–Crippen LogP) is 2.95. The number of piperazine rings is 1. The molecule has 1 aliphatic carbocycles. The summed E-state index contributed by atoms with van der Waals surface area (Å²) in [5.74, 6) is 1.02. The van der Waals surface area contributed by atoms with Gasteiger partial charge in [0.15, 0.2) is 0 Å². The number of carbonyl (C=O) groups is 1. The lowest BCUT2D eigenvalue weighted by Crippen LogP contribution is -2.52. The molecular formula is C27H36ClN5O3. The summed E-state index contributed by atoms with van der Waals surface area (Å²) < 4.78 is 0. The Balaban J connectivity index is 1.34. The molecule has 1 aromatic heterocycles. The standard InChI is InChI=1S/C27H36ClN5O3/c1-18-16-22(35)25-23(18)26(30-17-29-25)32-11-13-33(14-12-32)27(36)24(19-5-7-20(28)8-6-19)21-4-2-9-31(21)10-3-15-34/h5-8,17-18,21-22,24,34-35H,2-4,9-16H2,1H3/t18-,21+,22-,24+/m1/s1. The first-order chi connectivity index (χ1) is 17.5. The average Bonchev–Trinajstić information content (AvgIpc) is 3.47. The number of benzene rings is 1. The molecule has 0 radical (unpaired) electrons. The summed E-state index contributed by atoms with van der Waals surface area (Å²) in [6.45, 7) is 6.68. The molecule has 1 amide bonds. The number of aliphatic hydroxyl groups excluding tert-OH is 2. The van der Waals surface area contributed by atoms with E-state index >= 15 is 0 Å². The van der Waals surface area contributed by atoms with Gasteiger partial charge in [-0.05, 0) is 55.8 Å². The molecule has 4 atom stereocenters. The van der Waals surface area contributed by atoms with Gasteiger partial charge in [-0.1, -0.05) is 30.7 Å². The van der Waals surface area contributed by atoms with Gasteiger partial charge in [-0.25, -0.2) is 9.97 Å². The van der Waals surface area contributed by atoms with Gasteiger partial charge in [-0.15, -0.1) is 0 Å². The minimum atomic E-state index is -0.528. The van der Waals surface area contributed by atoms with E-state index in [0.29, 0.717) is 44.0 Å². The molecule has 5 rings (SSSR count). The fourth-order valence-electron chi connectivity index (χ4n) is 6.27. The Morgan fingerprint density at radius 3 is 2.61 bits per heavy atom. The largest absolute Gasteiger partial charge is 0.396 e. The number of nitrogens with zero attached hydrogens (tertiary/aromatic N) is 5. The minimum absolute atomic E-state index is 0.121. The van der Waals surface area contributed by atoms with Gasteiger partial charge in [0, 0.05) is 56.0 Å². The van der Waals surface area contributed by atoms with E-state index < -0.39 is 6.10 Å². The molecule has 3 aliphatic rings. The van der Waals surface area contributed by atoms with Gasteiger partial charge in [-0.2, -0.15) is 0 Å². The number of aliphatic hydroxyl groups is 2. The number of fused-ring (bicyclic) bond motifs is 1. The second-order valence-electron chi connectivity index (χ2n) is 10.3. The molecule has 194 valence electrons. The van der Waals surface area contributed by atoms with Crippen molar-refractivity contribution in [1.29, 1.82) is 0 Å². The first kappa shape index (κ1) is 25.4. The number of carbonyl (C=O) groups excluding carboxylic acids is 1. The van der Waals surface area contributed by atoms with Crippen molar-refractivity contribution in [1.82, 2.24) is 19.8 Å². The van der Waals surface area contributed by atoms with Gasteiger partial charge in [0.25, 0.3) is 0 Å². The molecule has 8 nitrogen and oxygen atoms in total. The Kier molecular flexibility index (Phi) is 7.76. The number of aromatic nitrogens is 2. The zero-order valence-electron chi connectivity index (χ0n) is 20.9. The molecule has 2 N–H and O–H groups in total. The lowest BCUT2D eigenvalue weighted by atomic mass is 9.88. The molecule has 0 unspecified atom stereocenters. The van der Waals surface area contributed by atoms with E-state index in [4.69, 9.17) is 11.6 Å². The number of halogens is 1. The molecule has 2 fully saturated rings. The van der Waals surface area contributed by atoms with Crippen LogP contribution in [0.25, 0.3) is 0 Å². The van der Waals surface area contributed by atoms with Gasteiger partial charge in [0.1, 0.15) is 12.1 Å². The predicted molar refractivity (Wildman–Crippen MR) is 139 cm³/mol. The Morgan fingerprint density at radius 2 is 1.89 bits per heavy atom. The van der Waals surface area contributed by atoms with Crippen molar-refractivity contribution in [2.45, 2.75) is 56.6 Å². The molecule has 0 bridgehead atoms. The van der Waals surface area contributed by atoms with Crippen molar-refractivity contribution in [3.63, 3.8) is 0 Å². The maximum absolute atomic E-state index is 14.1. The highest BCUT2D eigenvalue weighted by Crippen LogP contribution is 2.43. The summed E-state index contributed by atoms with van der Waals surface area (Å²) in [5, 5.41) is 20.4. The molecular weight excluding hydrogens is 478 g/mol. The second-order valence-corrected chi connectivity index (χ2v) is 10.7. The molecule has 3 heterocycles. The highest BCUT2D eigenvalue weighted by molar-refractivity contribution is 6.30. The van der Waals surface area contributed by atoms with Crippen LogP contribution in [0.1, 0.15) is 67.4 Å². The smallest absolute Gasteiger partial charge is 0.231 e. The first-order valence-corrected chi connectivity index (χ1v) is 13.5. The molecule has 1 aromatic carbocycles. The van der Waals surface area contributed by atoms with Crippen molar-refractivity contribution in [2.24, 2.45) is 0 Å². The molecule has 0 spiro atoms. The van der Waals surface area contributed by atoms with E-state index in [-0.39, 0.29) is 30.4 Å². The van der Waals surface area contributed by atoms with Crippen LogP contribution in [-0.4, -0.2) is 87.8 Å². The third-order valence-corrected chi connectivity index (χ3v) is 8.32. The van der Waals surface area contributed by atoms with Gasteiger partial charge < -0.3 is 20.0 Å². The topological polar surface area (TPSA) is 93.0 Å². The van der Waals surface area contributed by atoms with Crippen molar-refractivity contribution in [3.05, 3.63) is 52.4 Å². The Hall–Kier alpha value is -2.26. The van der Waals surface area contributed by atoms with E-state index in [0.717, 1.165) is 48.6 Å². The number of amides is 1. The number of rotatable bonds is 7. The maximum atomic E-state index is 14.1. The fourth-order valence-corrected chi connectivity index (χ4v) is 6.40. The van der Waals surface area contributed by atoms with Crippen LogP contribution in [0.2, 0.25) is 5.02 Å². The fraction of sp³-hybridized carbons (Fsp3) is 0.593. The molecule has 2 aliphatic heterocycles. The van der Waals surface area contributed by atoms with Crippen molar-refractivity contribution in [2.75, 3.05) is 50.8 Å². The van der Waals surface area contributed by atoms with Crippen LogP contribution in [0.15, 0.2) is 30.6 Å². The summed E-state index contributed by atoms with van der Waals surface area (Å²) in [6.07, 6.45) is 4.44. The van der Waals surface area contributed by atoms with Crippen LogP contribution >= 0.6 is 11.6 Å². The summed E-state index contributed by atoms with van der Waals surface area (Å²) in [4.78, 5) is 29.6. The SMILES string of the molecule is C[C@@H]1C[C@@H](O)c2ncnc(N3CCN(C(=O)[C@@H](c4ccc(Cl)cc4)[C@@H]4CCCN4CCCO)CC3)c21. The Morgan fingerprint density at radius 1 is 1.14 bits per heavy atom. The molecule has 2 aromatic rings. The van der Waals surface area contributed by atoms with E-state index in [1.165, 1.54) is 0 Å². The molecule has 2 saturated heterocycles. The van der Waals surface area contributed by atoms with E-state index in [2.05, 4.69) is 26.7 Å². The van der Waals surface area contributed by atoms with Crippen molar-refractivity contribution in [3.8, 4) is 0 Å². The van der Waals surface area contributed by atoms with Gasteiger partial charge in [-0.3, -0.25) is 9.69 Å². The lowest BCUT2D eigenvalue weighted by molar-refractivity contribution is -0.134. The van der Waals surface area contributed by atoms with Crippen LogP contribution in [0.5, 0.6) is 0 Å². The average molecular weight is 514 g/mol. The van der Waals surface area contributed by atoms with Crippen LogP contribution in [0, 0.1) is 0 Å². The summed E-state index contributed by atoms with van der Waals surface area (Å²) in [7, 11) is 0. The lowest BCUT2D eigenvalue weighted by Gasteiger charge is -2.40. The molecule has 9 heteroatoms. The highest BCUT2D eigenvalue weighted by atomic mass is 35.5. The Bertz CT molecular complexity index is 1060. The Labute approximate surface area is 217 Å². The number of anilines is 1. The molecule has 0 saturated carbocycles. The zero-order chi connectivity index (χ0) is 25.2. The third-order valence-electron chi connectivity index (χ3n) is 8.07. The van der Waals surface area contributed by atoms with Crippen molar-refractivity contribution >= 4 is 23.3 Å². The van der Waals surface area contributed by atoms with E-state index in [9.17, 15) is 15.0 Å². The summed E-state index contributed by atoms with van der Waals surface area (Å²) in [5.41, 5.74) is 2.80. The normalized spacial score (nSPS) is 25.3. The number of hydrogen-bond donors (Lipinski definition) is 2. The maximum Gasteiger partial charge on any atom is 0.231 e. The van der Waals surface area contributed by atoms with Crippen molar-refractivity contribution < 1.29 is 15.0 Å². The zero-order valence-corrected chi connectivity index (χ0v) is 21.6. The van der Waals surface area contributed by atoms with Crippen LogP contribution in [0.3, 0.4) is 0 Å². The van der Waals surface area contributed by atoms with E-state index in [1.54, 1.807) is 6.33 Å². The summed E-state index contributed by atoms with van der Waals surface area (Å²) >= 11 is 6.17. The van der Waals surface area contributed by atoms with Gasteiger partial charge >= 0.3 is 0 Å². The van der Waals surface area contributed by atoms with Gasteiger partial charge in [0.2, 0.25) is 5.91 Å². The highest BCUT2D eigenvalue weighted by Gasteiger charge is 2.40. The van der Waals surface area contributed by atoms with E-state index in [1.807, 2.05) is 29.2 Å². The third kappa shape index (κ3) is 4.96. The summed E-state index contributed by atoms with van der Waals surface area (Å²) in [6, 6.07) is 7.83. The van der Waals surface area contributed by atoms with Crippen LogP contribution < -0.4 is 4.90 Å². The first-order valence-electron chi connectivity index (χ1n) is 13.1. The van der Waals surface area contributed by atoms with Crippen LogP contribution in [0.4, 0.5) is 5.82 Å². The quantitative estimate of drug-likeness (QED) is 0.588.